The first-order valence-corrected chi connectivity index (χ1v) is 3.95. The van der Waals surface area contributed by atoms with Crippen LogP contribution < -0.4 is 0 Å². The number of hydrogen-bond donors (Lipinski definition) is 1. The first-order chi connectivity index (χ1) is 4.66. The molecule has 1 aliphatic heterocycles. The molecular weight excluding hydrogens is 128 g/mol. The zero-order valence-corrected chi connectivity index (χ0v) is 6.76. The summed E-state index contributed by atoms with van der Waals surface area (Å²) in [7, 11) is 0. The van der Waals surface area contributed by atoms with Gasteiger partial charge < -0.3 is 9.84 Å². The third-order valence-corrected chi connectivity index (χ3v) is 2.14. The molecule has 0 saturated carbocycles. The number of aliphatic hydroxyl groups is 1. The summed E-state index contributed by atoms with van der Waals surface area (Å²) in [6, 6.07) is 0. The molecule has 0 aromatic heterocycles. The molecule has 1 rings (SSSR count). The van der Waals surface area contributed by atoms with E-state index in [1.54, 1.807) is 0 Å². The summed E-state index contributed by atoms with van der Waals surface area (Å²) >= 11 is 0. The van der Waals surface area contributed by atoms with Gasteiger partial charge in [0.05, 0.1) is 18.3 Å². The second-order valence-electron chi connectivity index (χ2n) is 3.43. The smallest absolute Gasteiger partial charge is 0.0887 e. The Labute approximate surface area is 62.2 Å². The van der Waals surface area contributed by atoms with Gasteiger partial charge in [0, 0.05) is 0 Å². The minimum Gasteiger partial charge on any atom is -0.393 e. The molecule has 1 fully saturated rings. The fraction of sp³-hybridized carbons (Fsp3) is 1.00. The van der Waals surface area contributed by atoms with E-state index in [0.717, 1.165) is 12.8 Å². The number of rotatable bonds is 1. The van der Waals surface area contributed by atoms with Crippen molar-refractivity contribution in [3.8, 4) is 0 Å². The second kappa shape index (κ2) is 2.89. The number of aliphatic hydroxyl groups excluding tert-OH is 1. The second-order valence-corrected chi connectivity index (χ2v) is 3.43. The molecule has 10 heavy (non-hydrogen) atoms. The van der Waals surface area contributed by atoms with Crippen LogP contribution in [0.2, 0.25) is 0 Å². The molecule has 0 bridgehead atoms. The summed E-state index contributed by atoms with van der Waals surface area (Å²) in [5.41, 5.74) is -0.252. The van der Waals surface area contributed by atoms with E-state index in [1.165, 1.54) is 6.42 Å². The topological polar surface area (TPSA) is 29.5 Å². The highest BCUT2D eigenvalue weighted by molar-refractivity contribution is 4.79. The summed E-state index contributed by atoms with van der Waals surface area (Å²) in [4.78, 5) is 0. The molecule has 1 saturated heterocycles. The zero-order valence-electron chi connectivity index (χ0n) is 6.76. The van der Waals surface area contributed by atoms with Crippen molar-refractivity contribution in [3.05, 3.63) is 0 Å². The fourth-order valence-electron chi connectivity index (χ4n) is 1.48. The van der Waals surface area contributed by atoms with Crippen LogP contribution >= 0.6 is 0 Å². The van der Waals surface area contributed by atoms with Crippen LogP contribution in [0, 0.1) is 0 Å². The fourth-order valence-corrected chi connectivity index (χ4v) is 1.48. The van der Waals surface area contributed by atoms with Crippen LogP contribution in [0.5, 0.6) is 0 Å². The molecule has 2 nitrogen and oxygen atoms in total. The van der Waals surface area contributed by atoms with Crippen molar-refractivity contribution < 1.29 is 9.84 Å². The predicted molar refractivity (Wildman–Crippen MR) is 39.9 cm³/mol. The van der Waals surface area contributed by atoms with E-state index < -0.39 is 0 Å². The molecule has 0 aromatic rings. The molecule has 0 aliphatic carbocycles. The molecule has 1 N–H and O–H groups in total. The van der Waals surface area contributed by atoms with Crippen molar-refractivity contribution in [3.63, 3.8) is 0 Å². The maximum absolute atomic E-state index is 8.94. The highest BCUT2D eigenvalue weighted by Crippen LogP contribution is 2.27. The van der Waals surface area contributed by atoms with Gasteiger partial charge in [-0.3, -0.25) is 0 Å². The van der Waals surface area contributed by atoms with Crippen LogP contribution in [0.1, 0.15) is 33.1 Å². The first kappa shape index (κ1) is 8.02. The molecule has 0 radical (unpaired) electrons. The lowest BCUT2D eigenvalue weighted by molar-refractivity contribution is -0.132. The van der Waals surface area contributed by atoms with Gasteiger partial charge in [-0.1, -0.05) is 0 Å². The SMILES string of the molecule is C[C@H]1CCC[C@](C)(CO)O1. The van der Waals surface area contributed by atoms with E-state index in [9.17, 15) is 0 Å². The Bertz CT molecular complexity index is 114. The summed E-state index contributed by atoms with van der Waals surface area (Å²) in [6.07, 6.45) is 3.63. The van der Waals surface area contributed by atoms with Crippen LogP contribution in [0.4, 0.5) is 0 Å². The van der Waals surface area contributed by atoms with E-state index in [0.29, 0.717) is 6.10 Å². The van der Waals surface area contributed by atoms with Crippen molar-refractivity contribution in [1.82, 2.24) is 0 Å². The van der Waals surface area contributed by atoms with Gasteiger partial charge in [-0.25, -0.2) is 0 Å². The average Bonchev–Trinajstić information content (AvgIpc) is 1.88. The summed E-state index contributed by atoms with van der Waals surface area (Å²) in [5.74, 6) is 0. The van der Waals surface area contributed by atoms with Crippen molar-refractivity contribution in [2.75, 3.05) is 6.61 Å². The average molecular weight is 144 g/mol. The van der Waals surface area contributed by atoms with Crippen molar-refractivity contribution in [2.24, 2.45) is 0 Å². The highest BCUT2D eigenvalue weighted by Gasteiger charge is 2.29. The molecule has 0 amide bonds. The Morgan fingerprint density at radius 1 is 1.70 bits per heavy atom. The third-order valence-electron chi connectivity index (χ3n) is 2.14. The van der Waals surface area contributed by atoms with Crippen LogP contribution in [0.15, 0.2) is 0 Å². The van der Waals surface area contributed by atoms with Gasteiger partial charge in [0.15, 0.2) is 0 Å². The molecule has 1 aliphatic rings. The number of ether oxygens (including phenoxy) is 1. The standard InChI is InChI=1S/C8H16O2/c1-7-4-3-5-8(2,6-9)10-7/h7,9H,3-6H2,1-2H3/t7-,8+/m0/s1. The van der Waals surface area contributed by atoms with Crippen LogP contribution in [-0.2, 0) is 4.74 Å². The maximum Gasteiger partial charge on any atom is 0.0887 e. The van der Waals surface area contributed by atoms with Gasteiger partial charge in [0.1, 0.15) is 0 Å². The van der Waals surface area contributed by atoms with Crippen molar-refractivity contribution >= 4 is 0 Å². The Morgan fingerprint density at radius 3 is 2.80 bits per heavy atom. The molecule has 2 atom stereocenters. The predicted octanol–water partition coefficient (Wildman–Crippen LogP) is 1.33. The Kier molecular flexibility index (Phi) is 2.32. The number of hydrogen-bond acceptors (Lipinski definition) is 2. The van der Waals surface area contributed by atoms with Crippen LogP contribution in [0.25, 0.3) is 0 Å². The van der Waals surface area contributed by atoms with Crippen molar-refractivity contribution in [2.45, 2.75) is 44.8 Å². The Balaban J connectivity index is 2.45. The van der Waals surface area contributed by atoms with Gasteiger partial charge in [-0.05, 0) is 33.1 Å². The van der Waals surface area contributed by atoms with Gasteiger partial charge in [0.2, 0.25) is 0 Å². The van der Waals surface area contributed by atoms with Crippen LogP contribution in [-0.4, -0.2) is 23.4 Å². The lowest BCUT2D eigenvalue weighted by Gasteiger charge is -2.35. The summed E-state index contributed by atoms with van der Waals surface area (Å²) < 4.78 is 5.57. The van der Waals surface area contributed by atoms with E-state index in [1.807, 2.05) is 6.92 Å². The summed E-state index contributed by atoms with van der Waals surface area (Å²) in [5, 5.41) is 8.94. The lowest BCUT2D eigenvalue weighted by atomic mass is 9.94. The minimum atomic E-state index is -0.252. The lowest BCUT2D eigenvalue weighted by Crippen LogP contribution is -2.39. The summed E-state index contributed by atoms with van der Waals surface area (Å²) in [6.45, 7) is 4.19. The first-order valence-electron chi connectivity index (χ1n) is 3.95. The largest absolute Gasteiger partial charge is 0.393 e. The van der Waals surface area contributed by atoms with Crippen molar-refractivity contribution in [1.29, 1.82) is 0 Å². The molecule has 0 unspecified atom stereocenters. The van der Waals surface area contributed by atoms with Gasteiger partial charge >= 0.3 is 0 Å². The van der Waals surface area contributed by atoms with Gasteiger partial charge in [-0.15, -0.1) is 0 Å². The quantitative estimate of drug-likeness (QED) is 0.601. The highest BCUT2D eigenvalue weighted by atomic mass is 16.5. The third kappa shape index (κ3) is 1.70. The van der Waals surface area contributed by atoms with Crippen LogP contribution in [0.3, 0.4) is 0 Å². The van der Waals surface area contributed by atoms with Gasteiger partial charge in [-0.2, -0.15) is 0 Å². The van der Waals surface area contributed by atoms with E-state index in [-0.39, 0.29) is 12.2 Å². The van der Waals surface area contributed by atoms with E-state index in [4.69, 9.17) is 9.84 Å². The zero-order chi connectivity index (χ0) is 7.61. The minimum absolute atomic E-state index is 0.150. The monoisotopic (exact) mass is 144 g/mol. The normalized spacial score (nSPS) is 41.7. The molecular formula is C8H16O2. The Hall–Kier alpha value is -0.0800. The molecule has 2 heteroatoms. The Morgan fingerprint density at radius 2 is 2.40 bits per heavy atom. The van der Waals surface area contributed by atoms with E-state index in [2.05, 4.69) is 6.92 Å². The van der Waals surface area contributed by atoms with Gasteiger partial charge in [0.25, 0.3) is 0 Å². The maximum atomic E-state index is 8.94. The molecule has 1 heterocycles. The molecule has 60 valence electrons. The molecule has 0 aromatic carbocycles. The molecule has 0 spiro atoms. The van der Waals surface area contributed by atoms with E-state index >= 15 is 0 Å².